The van der Waals surface area contributed by atoms with Gasteiger partial charge in [0.2, 0.25) is 0 Å². The Labute approximate surface area is 202 Å². The summed E-state index contributed by atoms with van der Waals surface area (Å²) >= 11 is 7.89. The van der Waals surface area contributed by atoms with Crippen molar-refractivity contribution in [3.05, 3.63) is 50.6 Å². The Balaban J connectivity index is 1.73. The zero-order valence-electron chi connectivity index (χ0n) is 18.0. The number of ether oxygens (including phenoxy) is 3. The summed E-state index contributed by atoms with van der Waals surface area (Å²) in [6, 6.07) is 9.68. The van der Waals surface area contributed by atoms with Crippen LogP contribution >= 0.6 is 34.8 Å². The van der Waals surface area contributed by atoms with Crippen LogP contribution in [0.3, 0.4) is 0 Å². The minimum absolute atomic E-state index is 0.114. The number of thiocarbonyl (C=S) groups is 1. The SMILES string of the molecule is CCOc1cc(C(=S)N2CCOCC2)cc(I)c1OCC(=O)Nc1cccc(C)c1C. The molecule has 1 saturated heterocycles. The first-order valence-electron chi connectivity index (χ1n) is 10.2. The number of benzene rings is 2. The summed E-state index contributed by atoms with van der Waals surface area (Å²) in [5.74, 6) is 0.909. The second-order valence-corrected chi connectivity index (χ2v) is 8.76. The molecule has 166 valence electrons. The largest absolute Gasteiger partial charge is 0.490 e. The highest BCUT2D eigenvalue weighted by molar-refractivity contribution is 14.1. The van der Waals surface area contributed by atoms with Crippen molar-refractivity contribution in [3.8, 4) is 11.5 Å². The van der Waals surface area contributed by atoms with E-state index in [0.717, 1.165) is 44.0 Å². The third-order valence-electron chi connectivity index (χ3n) is 5.08. The molecule has 1 aliphatic rings. The van der Waals surface area contributed by atoms with Gasteiger partial charge in [0, 0.05) is 24.3 Å². The number of amides is 1. The molecule has 0 atom stereocenters. The number of rotatable bonds is 7. The van der Waals surface area contributed by atoms with E-state index in [1.807, 2.05) is 51.1 Å². The van der Waals surface area contributed by atoms with Gasteiger partial charge < -0.3 is 24.4 Å². The molecule has 3 rings (SSSR count). The molecule has 0 radical (unpaired) electrons. The van der Waals surface area contributed by atoms with E-state index in [4.69, 9.17) is 26.4 Å². The van der Waals surface area contributed by atoms with E-state index in [2.05, 4.69) is 32.8 Å². The molecule has 1 N–H and O–H groups in total. The molecule has 0 aromatic heterocycles. The van der Waals surface area contributed by atoms with Gasteiger partial charge in [-0.1, -0.05) is 24.4 Å². The highest BCUT2D eigenvalue weighted by Gasteiger charge is 2.20. The maximum absolute atomic E-state index is 12.5. The van der Waals surface area contributed by atoms with E-state index in [9.17, 15) is 4.79 Å². The minimum Gasteiger partial charge on any atom is -0.490 e. The molecule has 0 unspecified atom stereocenters. The van der Waals surface area contributed by atoms with Crippen molar-refractivity contribution in [2.24, 2.45) is 0 Å². The summed E-state index contributed by atoms with van der Waals surface area (Å²) in [6.45, 7) is 9.17. The zero-order chi connectivity index (χ0) is 22.4. The van der Waals surface area contributed by atoms with E-state index in [-0.39, 0.29) is 12.5 Å². The Kier molecular flexibility index (Phi) is 8.50. The Hall–Kier alpha value is -1.91. The molecular formula is C23H27IN2O4S. The number of morpholine rings is 1. The first-order valence-corrected chi connectivity index (χ1v) is 11.7. The molecule has 0 spiro atoms. The predicted molar refractivity (Wildman–Crippen MR) is 134 cm³/mol. The van der Waals surface area contributed by atoms with E-state index < -0.39 is 0 Å². The van der Waals surface area contributed by atoms with Gasteiger partial charge in [-0.2, -0.15) is 0 Å². The molecule has 1 heterocycles. The van der Waals surface area contributed by atoms with Gasteiger partial charge in [0.15, 0.2) is 18.1 Å². The highest BCUT2D eigenvalue weighted by atomic mass is 127. The van der Waals surface area contributed by atoms with Gasteiger partial charge in [-0.3, -0.25) is 4.79 Å². The maximum Gasteiger partial charge on any atom is 0.262 e. The second-order valence-electron chi connectivity index (χ2n) is 7.21. The van der Waals surface area contributed by atoms with Crippen LogP contribution in [0.5, 0.6) is 11.5 Å². The van der Waals surface area contributed by atoms with Gasteiger partial charge in [0.25, 0.3) is 5.91 Å². The van der Waals surface area contributed by atoms with Gasteiger partial charge >= 0.3 is 0 Å². The third-order valence-corrected chi connectivity index (χ3v) is 6.38. The number of halogens is 1. The number of nitrogens with one attached hydrogen (secondary N) is 1. The van der Waals surface area contributed by atoms with Crippen LogP contribution in [-0.2, 0) is 9.53 Å². The van der Waals surface area contributed by atoms with Gasteiger partial charge in [-0.15, -0.1) is 0 Å². The summed E-state index contributed by atoms with van der Waals surface area (Å²) in [4.78, 5) is 15.4. The van der Waals surface area contributed by atoms with Gasteiger partial charge in [0.05, 0.1) is 23.4 Å². The van der Waals surface area contributed by atoms with Crippen LogP contribution in [0, 0.1) is 17.4 Å². The van der Waals surface area contributed by atoms with Crippen LogP contribution in [0.2, 0.25) is 0 Å². The van der Waals surface area contributed by atoms with Crippen molar-refractivity contribution in [1.82, 2.24) is 4.90 Å². The lowest BCUT2D eigenvalue weighted by atomic mass is 10.1. The topological polar surface area (TPSA) is 60.0 Å². The molecule has 2 aromatic carbocycles. The van der Waals surface area contributed by atoms with E-state index in [0.29, 0.717) is 31.3 Å². The molecular weight excluding hydrogens is 527 g/mol. The average molecular weight is 554 g/mol. The smallest absolute Gasteiger partial charge is 0.262 e. The number of anilines is 1. The quantitative estimate of drug-likeness (QED) is 0.406. The number of hydrogen-bond acceptors (Lipinski definition) is 5. The molecule has 0 bridgehead atoms. The Morgan fingerprint density at radius 1 is 1.23 bits per heavy atom. The first kappa shape index (κ1) is 23.7. The number of hydrogen-bond donors (Lipinski definition) is 1. The highest BCUT2D eigenvalue weighted by Crippen LogP contribution is 2.35. The Bertz CT molecular complexity index is 961. The fourth-order valence-electron chi connectivity index (χ4n) is 3.25. The zero-order valence-corrected chi connectivity index (χ0v) is 21.0. The Morgan fingerprint density at radius 2 is 1.97 bits per heavy atom. The molecule has 0 saturated carbocycles. The van der Waals surface area contributed by atoms with Crippen molar-refractivity contribution in [2.75, 3.05) is 44.8 Å². The normalized spacial score (nSPS) is 13.6. The monoisotopic (exact) mass is 554 g/mol. The Morgan fingerprint density at radius 3 is 2.68 bits per heavy atom. The fourth-order valence-corrected chi connectivity index (χ4v) is 4.31. The van der Waals surface area contributed by atoms with Crippen LogP contribution in [-0.4, -0.2) is 55.3 Å². The lowest BCUT2D eigenvalue weighted by Gasteiger charge is -2.29. The average Bonchev–Trinajstić information content (AvgIpc) is 2.76. The van der Waals surface area contributed by atoms with Crippen LogP contribution in [0.4, 0.5) is 5.69 Å². The summed E-state index contributed by atoms with van der Waals surface area (Å²) < 4.78 is 18.0. The number of carbonyl (C=O) groups excluding carboxylic acids is 1. The van der Waals surface area contributed by atoms with Crippen LogP contribution in [0.25, 0.3) is 0 Å². The van der Waals surface area contributed by atoms with Crippen molar-refractivity contribution in [3.63, 3.8) is 0 Å². The van der Waals surface area contributed by atoms with Gasteiger partial charge in [-0.25, -0.2) is 0 Å². The van der Waals surface area contributed by atoms with E-state index >= 15 is 0 Å². The van der Waals surface area contributed by atoms with Crippen molar-refractivity contribution in [1.29, 1.82) is 0 Å². The number of nitrogens with zero attached hydrogens (tertiary/aromatic N) is 1. The molecule has 1 amide bonds. The molecule has 6 nitrogen and oxygen atoms in total. The number of carbonyl (C=O) groups is 1. The van der Waals surface area contributed by atoms with Gasteiger partial charge in [-0.05, 0) is 72.7 Å². The lowest BCUT2D eigenvalue weighted by Crippen LogP contribution is -2.40. The third kappa shape index (κ3) is 6.08. The molecule has 1 fully saturated rings. The summed E-state index contributed by atoms with van der Waals surface area (Å²) in [6.07, 6.45) is 0. The summed E-state index contributed by atoms with van der Waals surface area (Å²) in [7, 11) is 0. The minimum atomic E-state index is -0.222. The van der Waals surface area contributed by atoms with E-state index in [1.54, 1.807) is 0 Å². The molecule has 1 aliphatic heterocycles. The number of aryl methyl sites for hydroxylation is 1. The molecule has 8 heteroatoms. The van der Waals surface area contributed by atoms with Gasteiger partial charge in [0.1, 0.15) is 4.99 Å². The van der Waals surface area contributed by atoms with Crippen molar-refractivity contribution >= 4 is 51.4 Å². The second kappa shape index (κ2) is 11.1. The van der Waals surface area contributed by atoms with E-state index in [1.165, 1.54) is 0 Å². The summed E-state index contributed by atoms with van der Waals surface area (Å²) in [5, 5.41) is 2.92. The van der Waals surface area contributed by atoms with Crippen LogP contribution in [0.15, 0.2) is 30.3 Å². The van der Waals surface area contributed by atoms with Crippen LogP contribution < -0.4 is 14.8 Å². The molecule has 2 aromatic rings. The standard InChI is InChI=1S/C23H27IN2O4S/c1-4-29-20-13-17(23(31)26-8-10-28-11-9-26)12-18(24)22(20)30-14-21(27)25-19-7-5-6-15(2)16(19)3/h5-7,12-13H,4,8-11,14H2,1-3H3,(H,25,27). The fraction of sp³-hybridized carbons (Fsp3) is 0.391. The first-order chi connectivity index (χ1) is 14.9. The maximum atomic E-state index is 12.5. The molecule has 31 heavy (non-hydrogen) atoms. The predicted octanol–water partition coefficient (Wildman–Crippen LogP) is 4.33. The lowest BCUT2D eigenvalue weighted by molar-refractivity contribution is -0.118. The van der Waals surface area contributed by atoms with Crippen molar-refractivity contribution in [2.45, 2.75) is 20.8 Å². The van der Waals surface area contributed by atoms with Crippen LogP contribution in [0.1, 0.15) is 23.6 Å². The summed E-state index contributed by atoms with van der Waals surface area (Å²) in [5.41, 5.74) is 3.86. The van der Waals surface area contributed by atoms with Crippen molar-refractivity contribution < 1.29 is 19.0 Å². The molecule has 0 aliphatic carbocycles.